The standard InChI is InChI=1S/C16H20FN3O/c1-11(13-3-2-8-18-10-13)9-15-19-16(20-21-15)12-4-6-14(17)7-5-12/h4-7,11,13,18H,2-3,8-10H2,1H3. The average Bonchev–Trinajstić information content (AvgIpc) is 2.97. The van der Waals surface area contributed by atoms with Crippen molar-refractivity contribution in [2.24, 2.45) is 11.8 Å². The minimum Gasteiger partial charge on any atom is -0.339 e. The summed E-state index contributed by atoms with van der Waals surface area (Å²) in [7, 11) is 0. The lowest BCUT2D eigenvalue weighted by molar-refractivity contribution is 0.257. The number of rotatable bonds is 4. The van der Waals surface area contributed by atoms with Crippen LogP contribution in [0.2, 0.25) is 0 Å². The molecule has 2 aromatic rings. The van der Waals surface area contributed by atoms with Gasteiger partial charge in [-0.25, -0.2) is 4.39 Å². The van der Waals surface area contributed by atoms with Crippen LogP contribution in [0.4, 0.5) is 4.39 Å². The SMILES string of the molecule is CC(Cc1nc(-c2ccc(F)cc2)no1)C1CCCNC1. The van der Waals surface area contributed by atoms with E-state index in [4.69, 9.17) is 4.52 Å². The number of nitrogens with zero attached hydrogens (tertiary/aromatic N) is 2. The second-order valence-electron chi connectivity index (χ2n) is 5.81. The van der Waals surface area contributed by atoms with Gasteiger partial charge in [0.1, 0.15) is 5.82 Å². The molecule has 0 aliphatic carbocycles. The number of hydrogen-bond acceptors (Lipinski definition) is 4. The monoisotopic (exact) mass is 289 g/mol. The average molecular weight is 289 g/mol. The van der Waals surface area contributed by atoms with Crippen molar-refractivity contribution >= 4 is 0 Å². The predicted molar refractivity (Wildman–Crippen MR) is 78.2 cm³/mol. The van der Waals surface area contributed by atoms with Crippen LogP contribution in [0.1, 0.15) is 25.7 Å². The number of halogens is 1. The first-order chi connectivity index (χ1) is 10.2. The molecule has 1 aromatic heterocycles. The number of benzene rings is 1. The first kappa shape index (κ1) is 14.2. The number of nitrogens with one attached hydrogen (secondary N) is 1. The highest BCUT2D eigenvalue weighted by molar-refractivity contribution is 5.53. The highest BCUT2D eigenvalue weighted by Gasteiger charge is 2.22. The van der Waals surface area contributed by atoms with Crippen LogP contribution in [0, 0.1) is 17.7 Å². The van der Waals surface area contributed by atoms with Crippen LogP contribution in [0.5, 0.6) is 0 Å². The fraction of sp³-hybridized carbons (Fsp3) is 0.500. The highest BCUT2D eigenvalue weighted by Crippen LogP contribution is 2.24. The first-order valence-electron chi connectivity index (χ1n) is 7.51. The van der Waals surface area contributed by atoms with E-state index in [0.717, 1.165) is 25.1 Å². The zero-order chi connectivity index (χ0) is 14.7. The van der Waals surface area contributed by atoms with E-state index in [1.54, 1.807) is 12.1 Å². The highest BCUT2D eigenvalue weighted by atomic mass is 19.1. The fourth-order valence-corrected chi connectivity index (χ4v) is 2.86. The molecule has 4 nitrogen and oxygen atoms in total. The molecule has 5 heteroatoms. The van der Waals surface area contributed by atoms with Crippen molar-refractivity contribution in [1.82, 2.24) is 15.5 Å². The fourth-order valence-electron chi connectivity index (χ4n) is 2.86. The van der Waals surface area contributed by atoms with Crippen LogP contribution in [-0.2, 0) is 6.42 Å². The van der Waals surface area contributed by atoms with Gasteiger partial charge >= 0.3 is 0 Å². The zero-order valence-corrected chi connectivity index (χ0v) is 12.2. The number of piperidine rings is 1. The Labute approximate surface area is 123 Å². The van der Waals surface area contributed by atoms with Gasteiger partial charge in [-0.2, -0.15) is 4.98 Å². The molecule has 0 amide bonds. The molecule has 0 bridgehead atoms. The van der Waals surface area contributed by atoms with Crippen molar-refractivity contribution in [3.63, 3.8) is 0 Å². The third-order valence-corrected chi connectivity index (χ3v) is 4.21. The summed E-state index contributed by atoms with van der Waals surface area (Å²) in [5, 5.41) is 7.43. The van der Waals surface area contributed by atoms with E-state index >= 15 is 0 Å². The van der Waals surface area contributed by atoms with Gasteiger partial charge in [-0.15, -0.1) is 0 Å². The first-order valence-corrected chi connectivity index (χ1v) is 7.51. The van der Waals surface area contributed by atoms with E-state index in [9.17, 15) is 4.39 Å². The summed E-state index contributed by atoms with van der Waals surface area (Å²) >= 11 is 0. The third kappa shape index (κ3) is 3.47. The van der Waals surface area contributed by atoms with Gasteiger partial charge in [0, 0.05) is 12.0 Å². The molecule has 1 N–H and O–H groups in total. The molecule has 112 valence electrons. The van der Waals surface area contributed by atoms with Gasteiger partial charge in [-0.3, -0.25) is 0 Å². The second kappa shape index (κ2) is 6.35. The van der Waals surface area contributed by atoms with E-state index in [2.05, 4.69) is 22.4 Å². The Bertz CT molecular complexity index is 575. The summed E-state index contributed by atoms with van der Waals surface area (Å²) in [5.74, 6) is 2.10. The smallest absolute Gasteiger partial charge is 0.227 e. The van der Waals surface area contributed by atoms with Gasteiger partial charge in [0.2, 0.25) is 11.7 Å². The van der Waals surface area contributed by atoms with Gasteiger partial charge in [0.05, 0.1) is 0 Å². The van der Waals surface area contributed by atoms with Crippen molar-refractivity contribution in [3.05, 3.63) is 36.0 Å². The second-order valence-corrected chi connectivity index (χ2v) is 5.81. The summed E-state index contributed by atoms with van der Waals surface area (Å²) in [6.45, 7) is 4.43. The van der Waals surface area contributed by atoms with Crippen molar-refractivity contribution in [2.45, 2.75) is 26.2 Å². The lowest BCUT2D eigenvalue weighted by Crippen LogP contribution is -2.33. The van der Waals surface area contributed by atoms with E-state index in [0.29, 0.717) is 23.6 Å². The minimum absolute atomic E-state index is 0.263. The largest absolute Gasteiger partial charge is 0.339 e. The normalized spacial score (nSPS) is 20.4. The zero-order valence-electron chi connectivity index (χ0n) is 12.2. The third-order valence-electron chi connectivity index (χ3n) is 4.21. The molecule has 0 spiro atoms. The molecule has 2 unspecified atom stereocenters. The lowest BCUT2D eigenvalue weighted by Gasteiger charge is -2.27. The molecule has 2 atom stereocenters. The number of hydrogen-bond donors (Lipinski definition) is 1. The topological polar surface area (TPSA) is 51.0 Å². The van der Waals surface area contributed by atoms with Gasteiger partial charge in [0.25, 0.3) is 0 Å². The summed E-state index contributed by atoms with van der Waals surface area (Å²) in [6, 6.07) is 6.14. The quantitative estimate of drug-likeness (QED) is 0.940. The van der Waals surface area contributed by atoms with E-state index in [1.807, 2.05) is 0 Å². The molecule has 0 saturated carbocycles. The van der Waals surface area contributed by atoms with Crippen molar-refractivity contribution in [1.29, 1.82) is 0 Å². The van der Waals surface area contributed by atoms with E-state index in [-0.39, 0.29) is 5.82 Å². The molecule has 0 radical (unpaired) electrons. The maximum absolute atomic E-state index is 12.9. The molecular formula is C16H20FN3O. The molecule has 2 heterocycles. The van der Waals surface area contributed by atoms with Crippen LogP contribution in [0.3, 0.4) is 0 Å². The number of aromatic nitrogens is 2. The molecule has 1 aromatic carbocycles. The maximum Gasteiger partial charge on any atom is 0.227 e. The molecule has 3 rings (SSSR count). The Morgan fingerprint density at radius 2 is 2.19 bits per heavy atom. The van der Waals surface area contributed by atoms with Gasteiger partial charge in [-0.05, 0) is 62.0 Å². The Morgan fingerprint density at radius 3 is 2.90 bits per heavy atom. The Kier molecular flexibility index (Phi) is 4.29. The Morgan fingerprint density at radius 1 is 1.38 bits per heavy atom. The maximum atomic E-state index is 12.9. The predicted octanol–water partition coefficient (Wildman–Crippen LogP) is 3.05. The molecule has 1 aliphatic rings. The summed E-state index contributed by atoms with van der Waals surface area (Å²) in [5.41, 5.74) is 0.776. The molecule has 1 fully saturated rings. The summed E-state index contributed by atoms with van der Waals surface area (Å²) in [4.78, 5) is 4.42. The lowest BCUT2D eigenvalue weighted by atomic mass is 9.85. The molecule has 1 aliphatic heterocycles. The van der Waals surface area contributed by atoms with E-state index < -0.39 is 0 Å². The van der Waals surface area contributed by atoms with Crippen LogP contribution in [0.15, 0.2) is 28.8 Å². The molecular weight excluding hydrogens is 269 g/mol. The molecule has 21 heavy (non-hydrogen) atoms. The van der Waals surface area contributed by atoms with Crippen LogP contribution in [-0.4, -0.2) is 23.2 Å². The van der Waals surface area contributed by atoms with Gasteiger partial charge in [0.15, 0.2) is 0 Å². The Balaban J connectivity index is 1.65. The summed E-state index contributed by atoms with van der Waals surface area (Å²) in [6.07, 6.45) is 3.29. The van der Waals surface area contributed by atoms with Gasteiger partial charge in [-0.1, -0.05) is 12.1 Å². The summed E-state index contributed by atoms with van der Waals surface area (Å²) < 4.78 is 18.3. The van der Waals surface area contributed by atoms with Crippen molar-refractivity contribution in [2.75, 3.05) is 13.1 Å². The van der Waals surface area contributed by atoms with Crippen LogP contribution in [0.25, 0.3) is 11.4 Å². The van der Waals surface area contributed by atoms with Gasteiger partial charge < -0.3 is 9.84 Å². The van der Waals surface area contributed by atoms with Crippen molar-refractivity contribution in [3.8, 4) is 11.4 Å². The van der Waals surface area contributed by atoms with Crippen molar-refractivity contribution < 1.29 is 8.91 Å². The minimum atomic E-state index is -0.263. The van der Waals surface area contributed by atoms with E-state index in [1.165, 1.54) is 25.0 Å². The Hall–Kier alpha value is -1.75. The van der Waals surface area contributed by atoms with Crippen LogP contribution >= 0.6 is 0 Å². The molecule has 1 saturated heterocycles. The van der Waals surface area contributed by atoms with Crippen LogP contribution < -0.4 is 5.32 Å².